The first-order valence-corrected chi connectivity index (χ1v) is 10.9. The number of aryl methyl sites for hydroxylation is 1. The maximum Gasteiger partial charge on any atom is 0.303 e. The van der Waals surface area contributed by atoms with Crippen LogP contribution in [-0.4, -0.2) is 45.9 Å². The van der Waals surface area contributed by atoms with Crippen LogP contribution in [0.3, 0.4) is 0 Å². The predicted octanol–water partition coefficient (Wildman–Crippen LogP) is 5.26. The summed E-state index contributed by atoms with van der Waals surface area (Å²) in [7, 11) is 3.99. The maximum atomic E-state index is 13.8. The Morgan fingerprint density at radius 3 is 2.50 bits per heavy atom. The Morgan fingerprint density at radius 1 is 1.03 bits per heavy atom. The number of aromatic amines is 1. The van der Waals surface area contributed by atoms with E-state index in [1.165, 1.54) is 12.1 Å². The fourth-order valence-electron chi connectivity index (χ4n) is 3.96. The average molecular weight is 460 g/mol. The Balaban J connectivity index is 1.83. The van der Waals surface area contributed by atoms with Crippen LogP contribution in [0.1, 0.15) is 28.7 Å². The third-order valence-corrected chi connectivity index (χ3v) is 5.48. The van der Waals surface area contributed by atoms with E-state index >= 15 is 0 Å². The number of halogens is 1. The lowest BCUT2D eigenvalue weighted by Crippen LogP contribution is -2.10. The van der Waals surface area contributed by atoms with Gasteiger partial charge in [-0.25, -0.2) is 9.38 Å². The Morgan fingerprint density at radius 2 is 1.79 bits per heavy atom. The second kappa shape index (κ2) is 9.89. The van der Waals surface area contributed by atoms with Gasteiger partial charge in [-0.1, -0.05) is 36.4 Å². The summed E-state index contributed by atoms with van der Waals surface area (Å²) in [5.41, 5.74) is 4.94. The number of hydrogen-bond acceptors (Lipinski definition) is 4. The number of aromatic nitrogens is 1. The molecule has 4 aromatic rings. The fourth-order valence-corrected chi connectivity index (χ4v) is 3.96. The van der Waals surface area contributed by atoms with E-state index in [4.69, 9.17) is 10.1 Å². The summed E-state index contributed by atoms with van der Waals surface area (Å²) in [4.78, 5) is 20.7. The highest BCUT2D eigenvalue weighted by Crippen LogP contribution is 2.32. The number of nitrogens with one attached hydrogen (secondary N) is 1. The monoisotopic (exact) mass is 459 g/mol. The number of carboxylic acid groups (broad SMARTS) is 1. The molecule has 174 valence electrons. The number of rotatable bonds is 8. The molecule has 0 aliphatic rings. The lowest BCUT2D eigenvalue weighted by Gasteiger charge is -2.11. The zero-order chi connectivity index (χ0) is 24.2. The van der Waals surface area contributed by atoms with Crippen LogP contribution in [-0.2, 0) is 17.8 Å². The summed E-state index contributed by atoms with van der Waals surface area (Å²) in [5, 5.41) is 20.4. The number of H-pyrrole nitrogens is 1. The smallest absolute Gasteiger partial charge is 0.303 e. The van der Waals surface area contributed by atoms with E-state index in [0.717, 1.165) is 28.9 Å². The van der Waals surface area contributed by atoms with Gasteiger partial charge in [0.15, 0.2) is 5.88 Å². The molecular formula is C27H26FN3O3. The van der Waals surface area contributed by atoms with Crippen molar-refractivity contribution in [1.82, 2.24) is 9.88 Å². The fraction of sp³-hybridized carbons (Fsp3) is 0.185. The van der Waals surface area contributed by atoms with Crippen LogP contribution in [0.2, 0.25) is 0 Å². The van der Waals surface area contributed by atoms with Crippen LogP contribution >= 0.6 is 0 Å². The second-order valence-electron chi connectivity index (χ2n) is 8.50. The summed E-state index contributed by atoms with van der Waals surface area (Å²) in [6.07, 6.45) is 0.472. The minimum atomic E-state index is -0.847. The van der Waals surface area contributed by atoms with Crippen molar-refractivity contribution in [1.29, 1.82) is 0 Å². The number of aromatic hydroxyl groups is 1. The number of fused-ring (bicyclic) bond motifs is 1. The molecule has 7 heteroatoms. The van der Waals surface area contributed by atoms with Gasteiger partial charge >= 0.3 is 5.97 Å². The molecule has 0 spiro atoms. The van der Waals surface area contributed by atoms with Crippen molar-refractivity contribution < 1.29 is 19.4 Å². The molecule has 0 radical (unpaired) electrons. The molecule has 0 unspecified atom stereocenters. The van der Waals surface area contributed by atoms with Crippen molar-refractivity contribution in [3.8, 4) is 5.88 Å². The van der Waals surface area contributed by atoms with Crippen LogP contribution in [0.25, 0.3) is 10.9 Å². The highest BCUT2D eigenvalue weighted by Gasteiger charge is 2.19. The molecule has 3 N–H and O–H groups in total. The van der Waals surface area contributed by atoms with Gasteiger partial charge in [-0.15, -0.1) is 0 Å². The average Bonchev–Trinajstić information content (AvgIpc) is 3.11. The van der Waals surface area contributed by atoms with Gasteiger partial charge in [0.05, 0.1) is 22.5 Å². The van der Waals surface area contributed by atoms with Gasteiger partial charge in [0.1, 0.15) is 5.82 Å². The van der Waals surface area contributed by atoms with Crippen LogP contribution in [0.15, 0.2) is 71.7 Å². The lowest BCUT2D eigenvalue weighted by molar-refractivity contribution is -0.136. The summed E-state index contributed by atoms with van der Waals surface area (Å²) in [5.74, 6) is -1.35. The molecule has 0 atom stereocenters. The molecule has 0 amide bonds. The molecule has 0 fully saturated rings. The van der Waals surface area contributed by atoms with Crippen molar-refractivity contribution in [3.05, 3.63) is 94.8 Å². The van der Waals surface area contributed by atoms with Gasteiger partial charge in [0.25, 0.3) is 0 Å². The quantitative estimate of drug-likeness (QED) is 0.314. The van der Waals surface area contributed by atoms with E-state index in [-0.39, 0.29) is 12.3 Å². The standard InChI is InChI=1S/C27H26FN3O3/c1-31(2)16-18-4-3-5-21(14-18)29-26(19-9-6-17(7-10-19)8-13-24(32)33)25-22-12-11-20(28)15-23(22)30-27(25)34/h3-7,9-12,14-15,30,34H,8,13,16H2,1-2H3,(H,32,33). The van der Waals surface area contributed by atoms with Gasteiger partial charge < -0.3 is 20.1 Å². The van der Waals surface area contributed by atoms with Crippen molar-refractivity contribution in [3.63, 3.8) is 0 Å². The number of benzene rings is 3. The number of aliphatic carboxylic acids is 1. The first-order chi connectivity index (χ1) is 16.3. The highest BCUT2D eigenvalue weighted by atomic mass is 19.1. The number of hydrogen-bond donors (Lipinski definition) is 3. The lowest BCUT2D eigenvalue weighted by atomic mass is 9.98. The third-order valence-electron chi connectivity index (χ3n) is 5.48. The summed E-state index contributed by atoms with van der Waals surface area (Å²) >= 11 is 0. The van der Waals surface area contributed by atoms with Crippen molar-refractivity contribution in [2.45, 2.75) is 19.4 Å². The summed E-state index contributed by atoms with van der Waals surface area (Å²) in [6.45, 7) is 0.759. The molecule has 34 heavy (non-hydrogen) atoms. The number of carbonyl (C=O) groups is 1. The summed E-state index contributed by atoms with van der Waals surface area (Å²) < 4.78 is 13.8. The van der Waals surface area contributed by atoms with Crippen molar-refractivity contribution in [2.75, 3.05) is 14.1 Å². The molecule has 1 aromatic heterocycles. The molecule has 4 rings (SSSR count). The molecule has 1 heterocycles. The van der Waals surface area contributed by atoms with Gasteiger partial charge in [-0.3, -0.25) is 4.79 Å². The van der Waals surface area contributed by atoms with Gasteiger partial charge in [0.2, 0.25) is 0 Å². The van der Waals surface area contributed by atoms with Crippen LogP contribution < -0.4 is 0 Å². The Kier molecular flexibility index (Phi) is 6.75. The van der Waals surface area contributed by atoms with Gasteiger partial charge in [-0.2, -0.15) is 0 Å². The van der Waals surface area contributed by atoms with Gasteiger partial charge in [-0.05, 0) is 62.0 Å². The van der Waals surface area contributed by atoms with E-state index in [0.29, 0.717) is 28.6 Å². The Labute approximate surface area is 197 Å². The first-order valence-electron chi connectivity index (χ1n) is 10.9. The largest absolute Gasteiger partial charge is 0.494 e. The normalized spacial score (nSPS) is 11.9. The second-order valence-corrected chi connectivity index (χ2v) is 8.50. The molecule has 6 nitrogen and oxygen atoms in total. The Hall–Kier alpha value is -3.97. The zero-order valence-electron chi connectivity index (χ0n) is 19.0. The molecule has 0 aliphatic carbocycles. The van der Waals surface area contributed by atoms with Crippen LogP contribution in [0, 0.1) is 5.82 Å². The molecule has 0 saturated heterocycles. The third kappa shape index (κ3) is 5.32. The van der Waals surface area contributed by atoms with Crippen LogP contribution in [0.5, 0.6) is 5.88 Å². The molecular weight excluding hydrogens is 433 g/mol. The van der Waals surface area contributed by atoms with Gasteiger partial charge in [0, 0.05) is 23.9 Å². The number of carboxylic acids is 1. The highest BCUT2D eigenvalue weighted by molar-refractivity contribution is 6.21. The zero-order valence-corrected chi connectivity index (χ0v) is 19.0. The van der Waals surface area contributed by atoms with E-state index in [1.807, 2.05) is 62.6 Å². The molecule has 0 saturated carbocycles. The van der Waals surface area contributed by atoms with E-state index in [2.05, 4.69) is 9.88 Å². The SMILES string of the molecule is CN(C)Cc1cccc(N=C(c2ccc(CCC(=O)O)cc2)c2c(O)[nH]c3cc(F)ccc23)c1. The minimum absolute atomic E-state index is 0.0494. The molecule has 0 bridgehead atoms. The van der Waals surface area contributed by atoms with E-state index in [9.17, 15) is 14.3 Å². The number of aliphatic imine (C=N–C) groups is 1. The summed E-state index contributed by atoms with van der Waals surface area (Å²) in [6, 6.07) is 19.6. The number of nitrogens with zero attached hydrogens (tertiary/aromatic N) is 2. The molecule has 3 aromatic carbocycles. The molecule has 0 aliphatic heterocycles. The topological polar surface area (TPSA) is 88.9 Å². The Bertz CT molecular complexity index is 1360. The van der Waals surface area contributed by atoms with Crippen LogP contribution in [0.4, 0.5) is 10.1 Å². The van der Waals surface area contributed by atoms with E-state index in [1.54, 1.807) is 6.07 Å². The minimum Gasteiger partial charge on any atom is -0.494 e. The van der Waals surface area contributed by atoms with E-state index < -0.39 is 11.8 Å². The first kappa shape index (κ1) is 23.2. The van der Waals surface area contributed by atoms with Crippen molar-refractivity contribution in [2.24, 2.45) is 4.99 Å². The maximum absolute atomic E-state index is 13.8. The predicted molar refractivity (Wildman–Crippen MR) is 131 cm³/mol. The van der Waals surface area contributed by atoms with Crippen molar-refractivity contribution >= 4 is 28.3 Å².